The molecule has 6 nitrogen and oxygen atoms in total. The maximum atomic E-state index is 12.8. The van der Waals surface area contributed by atoms with Crippen molar-refractivity contribution in [3.05, 3.63) is 34.6 Å². The third-order valence-electron chi connectivity index (χ3n) is 4.40. The highest BCUT2D eigenvalue weighted by atomic mass is 79.9. The van der Waals surface area contributed by atoms with E-state index in [0.717, 1.165) is 22.0 Å². The molecule has 7 heteroatoms. The molecule has 0 spiro atoms. The average molecular weight is 392 g/mol. The monoisotopic (exact) mass is 391 g/mol. The zero-order valence-corrected chi connectivity index (χ0v) is 14.6. The SMILES string of the molecule is N[C@H]1CCN(C(=O)c2c[nH]cc2-c2cc(Br)c3c(c2)OCCO3)C1. The first-order valence-corrected chi connectivity index (χ1v) is 8.74. The summed E-state index contributed by atoms with van der Waals surface area (Å²) in [6.45, 7) is 2.37. The number of fused-ring (bicyclic) bond motifs is 1. The van der Waals surface area contributed by atoms with Crippen molar-refractivity contribution in [1.29, 1.82) is 0 Å². The van der Waals surface area contributed by atoms with Gasteiger partial charge in [0, 0.05) is 37.1 Å². The smallest absolute Gasteiger partial charge is 0.256 e. The fourth-order valence-electron chi connectivity index (χ4n) is 3.19. The highest BCUT2D eigenvalue weighted by molar-refractivity contribution is 9.10. The van der Waals surface area contributed by atoms with Crippen LogP contribution in [0.3, 0.4) is 0 Å². The van der Waals surface area contributed by atoms with Crippen LogP contribution < -0.4 is 15.2 Å². The van der Waals surface area contributed by atoms with E-state index >= 15 is 0 Å². The van der Waals surface area contributed by atoms with Crippen LogP contribution in [0, 0.1) is 0 Å². The molecule has 4 rings (SSSR count). The Hall–Kier alpha value is -1.99. The van der Waals surface area contributed by atoms with Crippen LogP contribution >= 0.6 is 15.9 Å². The summed E-state index contributed by atoms with van der Waals surface area (Å²) in [6, 6.07) is 3.93. The van der Waals surface area contributed by atoms with E-state index in [0.29, 0.717) is 43.4 Å². The molecule has 2 aromatic rings. The number of hydrogen-bond acceptors (Lipinski definition) is 4. The van der Waals surface area contributed by atoms with Crippen LogP contribution in [0.15, 0.2) is 29.0 Å². The Morgan fingerprint density at radius 1 is 1.29 bits per heavy atom. The number of nitrogens with zero attached hydrogens (tertiary/aromatic N) is 1. The standard InChI is InChI=1S/C17H18BrN3O3/c18-14-5-10(6-15-16(14)24-4-3-23-15)12-7-20-8-13(12)17(22)21-2-1-11(19)9-21/h5-8,11,20H,1-4,9,19H2/t11-/m0/s1. The predicted molar refractivity (Wildman–Crippen MR) is 93.4 cm³/mol. The number of likely N-dealkylation sites (tertiary alicyclic amines) is 1. The second kappa shape index (κ2) is 6.14. The van der Waals surface area contributed by atoms with Gasteiger partial charge in [-0.1, -0.05) is 0 Å². The number of nitrogens with one attached hydrogen (secondary N) is 1. The molecule has 2 aliphatic heterocycles. The lowest BCUT2D eigenvalue weighted by molar-refractivity contribution is 0.0792. The molecule has 3 heterocycles. The Morgan fingerprint density at radius 2 is 2.12 bits per heavy atom. The molecular formula is C17H18BrN3O3. The van der Waals surface area contributed by atoms with Gasteiger partial charge in [-0.05, 0) is 40.0 Å². The maximum absolute atomic E-state index is 12.8. The number of nitrogens with two attached hydrogens (primary N) is 1. The predicted octanol–water partition coefficient (Wildman–Crippen LogP) is 2.39. The van der Waals surface area contributed by atoms with Crippen molar-refractivity contribution >= 4 is 21.8 Å². The van der Waals surface area contributed by atoms with Gasteiger partial charge in [0.15, 0.2) is 11.5 Å². The number of H-pyrrole nitrogens is 1. The highest BCUT2D eigenvalue weighted by Gasteiger charge is 2.27. The average Bonchev–Trinajstić information content (AvgIpc) is 3.23. The summed E-state index contributed by atoms with van der Waals surface area (Å²) in [5.41, 5.74) is 8.32. The van der Waals surface area contributed by atoms with Crippen molar-refractivity contribution in [2.45, 2.75) is 12.5 Å². The molecular weight excluding hydrogens is 374 g/mol. The summed E-state index contributed by atoms with van der Waals surface area (Å²) in [6.07, 6.45) is 4.42. The van der Waals surface area contributed by atoms with E-state index in [4.69, 9.17) is 15.2 Å². The minimum atomic E-state index is 0.00483. The van der Waals surface area contributed by atoms with Gasteiger partial charge in [-0.15, -0.1) is 0 Å². The van der Waals surface area contributed by atoms with Gasteiger partial charge in [-0.2, -0.15) is 0 Å². The Kier molecular flexibility index (Phi) is 3.97. The molecule has 0 radical (unpaired) electrons. The summed E-state index contributed by atoms with van der Waals surface area (Å²) in [4.78, 5) is 17.7. The first kappa shape index (κ1) is 15.5. The van der Waals surface area contributed by atoms with E-state index in [-0.39, 0.29) is 11.9 Å². The minimum Gasteiger partial charge on any atom is -0.486 e. The van der Waals surface area contributed by atoms with Crippen LogP contribution in [0.25, 0.3) is 11.1 Å². The summed E-state index contributed by atoms with van der Waals surface area (Å²) in [7, 11) is 0. The molecule has 1 aromatic heterocycles. The highest BCUT2D eigenvalue weighted by Crippen LogP contribution is 2.42. The molecule has 24 heavy (non-hydrogen) atoms. The number of carbonyl (C=O) groups is 1. The summed E-state index contributed by atoms with van der Waals surface area (Å²) < 4.78 is 12.1. The van der Waals surface area contributed by atoms with E-state index in [2.05, 4.69) is 20.9 Å². The van der Waals surface area contributed by atoms with Gasteiger partial charge in [-0.3, -0.25) is 4.79 Å². The molecule has 0 unspecified atom stereocenters. The quantitative estimate of drug-likeness (QED) is 0.823. The van der Waals surface area contributed by atoms with Crippen molar-refractivity contribution < 1.29 is 14.3 Å². The molecule has 1 atom stereocenters. The number of ether oxygens (including phenoxy) is 2. The lowest BCUT2D eigenvalue weighted by Crippen LogP contribution is -2.31. The number of benzene rings is 1. The number of aromatic nitrogens is 1. The van der Waals surface area contributed by atoms with Crippen LogP contribution in [0.2, 0.25) is 0 Å². The molecule has 0 aliphatic carbocycles. The summed E-state index contributed by atoms with van der Waals surface area (Å²) in [5, 5.41) is 0. The van der Waals surface area contributed by atoms with Crippen molar-refractivity contribution in [2.75, 3.05) is 26.3 Å². The number of carbonyl (C=O) groups excluding carboxylic acids is 1. The Labute approximate surface area is 148 Å². The summed E-state index contributed by atoms with van der Waals surface area (Å²) >= 11 is 3.53. The molecule has 1 fully saturated rings. The maximum Gasteiger partial charge on any atom is 0.256 e. The zero-order chi connectivity index (χ0) is 16.7. The zero-order valence-electron chi connectivity index (χ0n) is 13.0. The van der Waals surface area contributed by atoms with Gasteiger partial charge < -0.3 is 25.1 Å². The topological polar surface area (TPSA) is 80.6 Å². The number of halogens is 1. The van der Waals surface area contributed by atoms with Crippen LogP contribution in [-0.2, 0) is 0 Å². The molecule has 1 amide bonds. The third kappa shape index (κ3) is 2.67. The second-order valence-electron chi connectivity index (χ2n) is 6.06. The molecule has 126 valence electrons. The fraction of sp³-hybridized carbons (Fsp3) is 0.353. The largest absolute Gasteiger partial charge is 0.486 e. The van der Waals surface area contributed by atoms with E-state index in [1.807, 2.05) is 23.2 Å². The normalized spacial score (nSPS) is 19.6. The van der Waals surface area contributed by atoms with Crippen molar-refractivity contribution in [3.63, 3.8) is 0 Å². The van der Waals surface area contributed by atoms with Crippen molar-refractivity contribution in [1.82, 2.24) is 9.88 Å². The molecule has 2 aliphatic rings. The molecule has 0 saturated carbocycles. The first-order chi connectivity index (χ1) is 11.6. The van der Waals surface area contributed by atoms with Gasteiger partial charge >= 0.3 is 0 Å². The van der Waals surface area contributed by atoms with E-state index in [9.17, 15) is 4.79 Å². The number of aromatic amines is 1. The number of rotatable bonds is 2. The van der Waals surface area contributed by atoms with E-state index in [1.165, 1.54) is 0 Å². The van der Waals surface area contributed by atoms with Gasteiger partial charge in [0.05, 0.1) is 10.0 Å². The minimum absolute atomic E-state index is 0.00483. The summed E-state index contributed by atoms with van der Waals surface area (Å²) in [5.74, 6) is 1.40. The molecule has 1 saturated heterocycles. The molecule has 0 bridgehead atoms. The van der Waals surface area contributed by atoms with Gasteiger partial charge in [0.2, 0.25) is 0 Å². The number of hydrogen-bond donors (Lipinski definition) is 2. The van der Waals surface area contributed by atoms with E-state index in [1.54, 1.807) is 6.20 Å². The van der Waals surface area contributed by atoms with Crippen molar-refractivity contribution in [3.8, 4) is 22.6 Å². The Bertz CT molecular complexity index is 789. The lowest BCUT2D eigenvalue weighted by Gasteiger charge is -2.21. The van der Waals surface area contributed by atoms with Crippen LogP contribution in [0.5, 0.6) is 11.5 Å². The van der Waals surface area contributed by atoms with Gasteiger partial charge in [-0.25, -0.2) is 0 Å². The van der Waals surface area contributed by atoms with E-state index < -0.39 is 0 Å². The Balaban J connectivity index is 1.70. The van der Waals surface area contributed by atoms with Crippen LogP contribution in [0.1, 0.15) is 16.8 Å². The first-order valence-electron chi connectivity index (χ1n) is 7.94. The van der Waals surface area contributed by atoms with Crippen LogP contribution in [-0.4, -0.2) is 48.1 Å². The lowest BCUT2D eigenvalue weighted by atomic mass is 10.0. The van der Waals surface area contributed by atoms with Gasteiger partial charge in [0.25, 0.3) is 5.91 Å². The van der Waals surface area contributed by atoms with Gasteiger partial charge in [0.1, 0.15) is 13.2 Å². The molecule has 1 aromatic carbocycles. The van der Waals surface area contributed by atoms with Crippen molar-refractivity contribution in [2.24, 2.45) is 5.73 Å². The third-order valence-corrected chi connectivity index (χ3v) is 4.98. The van der Waals surface area contributed by atoms with Crippen LogP contribution in [0.4, 0.5) is 0 Å². The second-order valence-corrected chi connectivity index (χ2v) is 6.92. The Morgan fingerprint density at radius 3 is 2.92 bits per heavy atom. The number of amides is 1. The fourth-order valence-corrected chi connectivity index (χ4v) is 3.74. The molecule has 3 N–H and O–H groups in total.